The van der Waals surface area contributed by atoms with Gasteiger partial charge in [0.15, 0.2) is 0 Å². The number of carbonyl (C=O) groups excluding carboxylic acids is 1. The molecule has 1 N–H and O–H groups in total. The number of benzene rings is 1. The summed E-state index contributed by atoms with van der Waals surface area (Å²) in [4.78, 5) is 11.7. The van der Waals surface area contributed by atoms with Crippen LogP contribution < -0.4 is 5.32 Å². The van der Waals surface area contributed by atoms with E-state index in [-0.39, 0.29) is 11.9 Å². The lowest BCUT2D eigenvalue weighted by Gasteiger charge is -2.12. The SMILES string of the molecule is O=C(NC1CC1)C(Cl)c1cc(Cl)ccc1Cl. The Morgan fingerprint density at radius 3 is 2.69 bits per heavy atom. The minimum absolute atomic E-state index is 0.215. The van der Waals surface area contributed by atoms with Crippen LogP contribution in [0.15, 0.2) is 18.2 Å². The quantitative estimate of drug-likeness (QED) is 0.842. The molecule has 16 heavy (non-hydrogen) atoms. The molecular formula is C11H10Cl3NO. The molecule has 0 spiro atoms. The van der Waals surface area contributed by atoms with E-state index < -0.39 is 5.38 Å². The molecule has 5 heteroatoms. The molecule has 1 unspecified atom stereocenters. The monoisotopic (exact) mass is 277 g/mol. The second-order valence-electron chi connectivity index (χ2n) is 3.81. The van der Waals surface area contributed by atoms with Crippen molar-refractivity contribution in [3.05, 3.63) is 33.8 Å². The highest BCUT2D eigenvalue weighted by molar-refractivity contribution is 6.37. The van der Waals surface area contributed by atoms with Crippen molar-refractivity contribution in [1.29, 1.82) is 0 Å². The highest BCUT2D eigenvalue weighted by Gasteiger charge is 2.28. The van der Waals surface area contributed by atoms with Crippen molar-refractivity contribution in [2.24, 2.45) is 0 Å². The maximum absolute atomic E-state index is 11.7. The fraction of sp³-hybridized carbons (Fsp3) is 0.364. The standard InChI is InChI=1S/C11H10Cl3NO/c12-6-1-4-9(13)8(5-6)10(14)11(16)15-7-2-3-7/h1,4-5,7,10H,2-3H2,(H,15,16). The largest absolute Gasteiger partial charge is 0.352 e. The van der Waals surface area contributed by atoms with Crippen molar-refractivity contribution in [1.82, 2.24) is 5.32 Å². The Labute approximate surface area is 109 Å². The van der Waals surface area contributed by atoms with Gasteiger partial charge in [0.05, 0.1) is 0 Å². The molecule has 1 saturated carbocycles. The summed E-state index contributed by atoms with van der Waals surface area (Å²) >= 11 is 17.8. The van der Waals surface area contributed by atoms with E-state index >= 15 is 0 Å². The van der Waals surface area contributed by atoms with Crippen LogP contribution in [0, 0.1) is 0 Å². The van der Waals surface area contributed by atoms with Gasteiger partial charge in [-0.3, -0.25) is 4.79 Å². The third kappa shape index (κ3) is 2.82. The van der Waals surface area contributed by atoms with Crippen LogP contribution in [0.3, 0.4) is 0 Å². The molecule has 1 aliphatic carbocycles. The van der Waals surface area contributed by atoms with Crippen LogP contribution in [0.1, 0.15) is 23.8 Å². The predicted molar refractivity (Wildman–Crippen MR) is 66.2 cm³/mol. The minimum Gasteiger partial charge on any atom is -0.352 e. The Morgan fingerprint density at radius 2 is 2.06 bits per heavy atom. The molecule has 2 nitrogen and oxygen atoms in total. The summed E-state index contributed by atoms with van der Waals surface area (Å²) in [5.41, 5.74) is 0.550. The van der Waals surface area contributed by atoms with Crippen molar-refractivity contribution in [3.63, 3.8) is 0 Å². The van der Waals surface area contributed by atoms with E-state index in [0.29, 0.717) is 15.6 Å². The first-order valence-electron chi connectivity index (χ1n) is 4.97. The Morgan fingerprint density at radius 1 is 1.38 bits per heavy atom. The van der Waals surface area contributed by atoms with Gasteiger partial charge in [-0.2, -0.15) is 0 Å². The van der Waals surface area contributed by atoms with E-state index in [1.807, 2.05) is 0 Å². The predicted octanol–water partition coefficient (Wildman–Crippen LogP) is 3.55. The van der Waals surface area contributed by atoms with Crippen LogP contribution in [-0.4, -0.2) is 11.9 Å². The van der Waals surface area contributed by atoms with Crippen molar-refractivity contribution in [2.45, 2.75) is 24.3 Å². The number of halogens is 3. The molecule has 0 heterocycles. The van der Waals surface area contributed by atoms with Crippen molar-refractivity contribution >= 4 is 40.7 Å². The van der Waals surface area contributed by atoms with Gasteiger partial charge in [0, 0.05) is 16.1 Å². The van der Waals surface area contributed by atoms with Gasteiger partial charge < -0.3 is 5.32 Å². The van der Waals surface area contributed by atoms with Crippen LogP contribution in [-0.2, 0) is 4.79 Å². The number of carbonyl (C=O) groups is 1. The molecule has 1 fully saturated rings. The van der Waals surface area contributed by atoms with Gasteiger partial charge in [0.25, 0.3) is 0 Å². The number of rotatable bonds is 3. The molecule has 2 rings (SSSR count). The Kier molecular flexibility index (Phi) is 3.63. The first-order valence-corrected chi connectivity index (χ1v) is 6.16. The van der Waals surface area contributed by atoms with Gasteiger partial charge in [-0.1, -0.05) is 23.2 Å². The molecular weight excluding hydrogens is 268 g/mol. The smallest absolute Gasteiger partial charge is 0.242 e. The number of nitrogens with one attached hydrogen (secondary N) is 1. The molecule has 1 aromatic carbocycles. The maximum atomic E-state index is 11.7. The van der Waals surface area contributed by atoms with Crippen LogP contribution in [0.4, 0.5) is 0 Å². The van der Waals surface area contributed by atoms with Gasteiger partial charge >= 0.3 is 0 Å². The van der Waals surface area contributed by atoms with Gasteiger partial charge in [-0.25, -0.2) is 0 Å². The fourth-order valence-electron chi connectivity index (χ4n) is 1.35. The summed E-state index contributed by atoms with van der Waals surface area (Å²) in [5, 5.41) is 3.01. The zero-order valence-electron chi connectivity index (χ0n) is 8.34. The lowest BCUT2D eigenvalue weighted by atomic mass is 10.1. The number of alkyl halides is 1. The average molecular weight is 279 g/mol. The zero-order valence-corrected chi connectivity index (χ0v) is 10.6. The molecule has 1 atom stereocenters. The molecule has 1 amide bonds. The van der Waals surface area contributed by atoms with Gasteiger partial charge in [0.1, 0.15) is 5.38 Å². The summed E-state index contributed by atoms with van der Waals surface area (Å²) < 4.78 is 0. The van der Waals surface area contributed by atoms with E-state index in [4.69, 9.17) is 34.8 Å². The number of hydrogen-bond donors (Lipinski definition) is 1. The summed E-state index contributed by atoms with van der Waals surface area (Å²) in [5.74, 6) is -0.215. The number of amides is 1. The normalized spacial score (nSPS) is 16.9. The summed E-state index contributed by atoms with van der Waals surface area (Å²) in [6.07, 6.45) is 2.05. The maximum Gasteiger partial charge on any atom is 0.242 e. The van der Waals surface area contributed by atoms with Gasteiger partial charge in [-0.05, 0) is 36.6 Å². The van der Waals surface area contributed by atoms with E-state index in [2.05, 4.69) is 5.32 Å². The average Bonchev–Trinajstić information content (AvgIpc) is 3.04. The molecule has 1 aliphatic rings. The van der Waals surface area contributed by atoms with E-state index in [0.717, 1.165) is 12.8 Å². The Balaban J connectivity index is 2.14. The van der Waals surface area contributed by atoms with Crippen LogP contribution >= 0.6 is 34.8 Å². The minimum atomic E-state index is -0.785. The summed E-state index contributed by atoms with van der Waals surface area (Å²) in [7, 11) is 0. The second kappa shape index (κ2) is 4.82. The molecule has 0 bridgehead atoms. The fourth-order valence-corrected chi connectivity index (χ4v) is 2.06. The molecule has 86 valence electrons. The van der Waals surface area contributed by atoms with Gasteiger partial charge in [-0.15, -0.1) is 11.6 Å². The molecule has 1 aromatic rings. The third-order valence-corrected chi connectivity index (χ3v) is 3.40. The van der Waals surface area contributed by atoms with Gasteiger partial charge in [0.2, 0.25) is 5.91 Å². The second-order valence-corrected chi connectivity index (χ2v) is 5.09. The molecule has 0 saturated heterocycles. The molecule has 0 aromatic heterocycles. The van der Waals surface area contributed by atoms with E-state index in [1.54, 1.807) is 18.2 Å². The summed E-state index contributed by atoms with van der Waals surface area (Å²) in [6, 6.07) is 5.20. The molecule has 0 radical (unpaired) electrons. The van der Waals surface area contributed by atoms with Crippen LogP contribution in [0.25, 0.3) is 0 Å². The Hall–Kier alpha value is -0.440. The van der Waals surface area contributed by atoms with Crippen molar-refractivity contribution in [2.75, 3.05) is 0 Å². The topological polar surface area (TPSA) is 29.1 Å². The first-order chi connectivity index (χ1) is 7.58. The number of hydrogen-bond acceptors (Lipinski definition) is 1. The highest BCUT2D eigenvalue weighted by atomic mass is 35.5. The third-order valence-electron chi connectivity index (χ3n) is 2.39. The van der Waals surface area contributed by atoms with Crippen molar-refractivity contribution < 1.29 is 4.79 Å². The summed E-state index contributed by atoms with van der Waals surface area (Å²) in [6.45, 7) is 0. The van der Waals surface area contributed by atoms with Crippen LogP contribution in [0.5, 0.6) is 0 Å². The highest BCUT2D eigenvalue weighted by Crippen LogP contribution is 2.31. The Bertz CT molecular complexity index is 418. The first kappa shape index (κ1) is 12.0. The lowest BCUT2D eigenvalue weighted by Crippen LogP contribution is -2.28. The van der Waals surface area contributed by atoms with Crippen LogP contribution in [0.2, 0.25) is 10.0 Å². The van der Waals surface area contributed by atoms with Crippen molar-refractivity contribution in [3.8, 4) is 0 Å². The van der Waals surface area contributed by atoms with E-state index in [9.17, 15) is 4.79 Å². The zero-order chi connectivity index (χ0) is 11.7. The lowest BCUT2D eigenvalue weighted by molar-refractivity contribution is -0.121. The molecule has 0 aliphatic heterocycles. The van der Waals surface area contributed by atoms with E-state index in [1.165, 1.54) is 0 Å².